The summed E-state index contributed by atoms with van der Waals surface area (Å²) < 4.78 is 0. The Morgan fingerprint density at radius 3 is 2.81 bits per heavy atom. The number of fused-ring (bicyclic) bond motifs is 1. The molecule has 2 aliphatic heterocycles. The van der Waals surface area contributed by atoms with Gasteiger partial charge in [0.05, 0.1) is 6.61 Å². The average Bonchev–Trinajstić information content (AvgIpc) is 3.31. The van der Waals surface area contributed by atoms with Gasteiger partial charge in [0.2, 0.25) is 0 Å². The fourth-order valence-corrected chi connectivity index (χ4v) is 7.59. The number of nitrogens with two attached hydrogens (primary N) is 2. The third-order valence-electron chi connectivity index (χ3n) is 5.17. The van der Waals surface area contributed by atoms with Crippen LogP contribution in [0.15, 0.2) is 49.4 Å². The van der Waals surface area contributed by atoms with Crippen molar-refractivity contribution in [1.82, 2.24) is 20.2 Å². The Labute approximate surface area is 226 Å². The van der Waals surface area contributed by atoms with Crippen molar-refractivity contribution in [3.05, 3.63) is 40.1 Å². The first-order chi connectivity index (χ1) is 17.7. The Bertz CT molecular complexity index is 1290. The fourth-order valence-electron chi connectivity index (χ4n) is 3.43. The number of aliphatic hydroxyl groups excluding tert-OH is 1. The topological polar surface area (TPSA) is 217 Å². The molecule has 0 aromatic carbocycles. The van der Waals surface area contributed by atoms with Crippen molar-refractivity contribution in [2.45, 2.75) is 27.2 Å². The summed E-state index contributed by atoms with van der Waals surface area (Å²) in [5.41, 5.74) is 10.8. The minimum Gasteiger partial charge on any atom is -0.477 e. The van der Waals surface area contributed by atoms with Crippen molar-refractivity contribution in [1.29, 1.82) is 0 Å². The van der Waals surface area contributed by atoms with E-state index in [1.165, 1.54) is 40.7 Å². The van der Waals surface area contributed by atoms with Gasteiger partial charge in [-0.15, -0.1) is 34.9 Å². The number of aliphatic carboxylic acids is 1. The second-order valence-corrected chi connectivity index (χ2v) is 11.8. The summed E-state index contributed by atoms with van der Waals surface area (Å²) in [4.78, 5) is 49.0. The average molecular weight is 584 g/mol. The molecule has 0 aliphatic carbocycles. The van der Waals surface area contributed by atoms with E-state index in [0.29, 0.717) is 10.7 Å². The Balaban J connectivity index is 1.51. The molecule has 0 bridgehead atoms. The fraction of sp³-hybridized carbons (Fsp3) is 0.300. The van der Waals surface area contributed by atoms with Gasteiger partial charge in [-0.1, -0.05) is 16.9 Å². The van der Waals surface area contributed by atoms with Crippen molar-refractivity contribution in [3.8, 4) is 0 Å². The van der Waals surface area contributed by atoms with E-state index in [4.69, 9.17) is 11.5 Å². The van der Waals surface area contributed by atoms with Gasteiger partial charge in [0.15, 0.2) is 10.8 Å². The zero-order valence-electron chi connectivity index (χ0n) is 18.8. The number of β-lactam (4-membered cyclic amide) rings is 1. The van der Waals surface area contributed by atoms with E-state index in [2.05, 4.69) is 20.4 Å². The third kappa shape index (κ3) is 5.70. The van der Waals surface area contributed by atoms with Crippen molar-refractivity contribution in [2.24, 2.45) is 10.9 Å². The van der Waals surface area contributed by atoms with E-state index in [1.807, 2.05) is 0 Å². The van der Waals surface area contributed by atoms with Crippen molar-refractivity contribution in [3.63, 3.8) is 0 Å². The lowest BCUT2D eigenvalue weighted by molar-refractivity contribution is -0.150. The van der Waals surface area contributed by atoms with Gasteiger partial charge in [-0.3, -0.25) is 19.5 Å². The number of hydrogen-bond donors (Lipinski definition) is 6. The highest BCUT2D eigenvalue weighted by molar-refractivity contribution is 8.07. The number of thiazole rings is 1. The summed E-state index contributed by atoms with van der Waals surface area (Å²) in [6.45, 7) is -0.166. The SMILES string of the molecule is Nc1nc(/C(=N/O)C(=O)N[C@@H]2C(=O)N3C(C(=O)O)=C(Sc4ccncc4SCC(N)CO)CS[C@H]23)cs1. The lowest BCUT2D eigenvalue weighted by Crippen LogP contribution is -2.71. The molecular formula is C20H21N7O6S4. The summed E-state index contributed by atoms with van der Waals surface area (Å²) in [6.07, 6.45) is 3.21. The molecule has 17 heteroatoms. The number of pyridine rings is 1. The second-order valence-electron chi connectivity index (χ2n) is 7.64. The maximum absolute atomic E-state index is 13.0. The molecule has 1 fully saturated rings. The molecule has 8 N–H and O–H groups in total. The van der Waals surface area contributed by atoms with Gasteiger partial charge in [0.1, 0.15) is 22.8 Å². The molecule has 13 nitrogen and oxygen atoms in total. The number of nitrogens with one attached hydrogen (secondary N) is 1. The van der Waals surface area contributed by atoms with Crippen LogP contribution < -0.4 is 16.8 Å². The maximum atomic E-state index is 13.0. The molecular weight excluding hydrogens is 563 g/mol. The van der Waals surface area contributed by atoms with Crippen LogP contribution in [0.25, 0.3) is 0 Å². The van der Waals surface area contributed by atoms with Gasteiger partial charge in [-0.05, 0) is 6.07 Å². The highest BCUT2D eigenvalue weighted by Crippen LogP contribution is 2.46. The van der Waals surface area contributed by atoms with Crippen molar-refractivity contribution >= 4 is 75.2 Å². The summed E-state index contributed by atoms with van der Waals surface area (Å²) in [6, 6.07) is 0.305. The van der Waals surface area contributed by atoms with E-state index < -0.39 is 41.0 Å². The number of rotatable bonds is 10. The number of anilines is 1. The van der Waals surface area contributed by atoms with Crippen LogP contribution in [0.1, 0.15) is 5.69 Å². The highest BCUT2D eigenvalue weighted by atomic mass is 32.2. The predicted octanol–water partition coefficient (Wildman–Crippen LogP) is 0.199. The molecule has 0 spiro atoms. The minimum atomic E-state index is -1.27. The summed E-state index contributed by atoms with van der Waals surface area (Å²) >= 11 is 4.95. The van der Waals surface area contributed by atoms with Crippen LogP contribution in [-0.4, -0.2) is 89.4 Å². The first-order valence-electron chi connectivity index (χ1n) is 10.5. The van der Waals surface area contributed by atoms with Gasteiger partial charge in [-0.2, -0.15) is 0 Å². The second kappa shape index (κ2) is 11.7. The Kier molecular flexibility index (Phi) is 8.60. The van der Waals surface area contributed by atoms with E-state index >= 15 is 0 Å². The largest absolute Gasteiger partial charge is 0.477 e. The van der Waals surface area contributed by atoms with Gasteiger partial charge in [0.25, 0.3) is 11.8 Å². The van der Waals surface area contributed by atoms with E-state index in [1.54, 1.807) is 18.5 Å². The molecule has 3 atom stereocenters. The summed E-state index contributed by atoms with van der Waals surface area (Å²) in [7, 11) is 0. The molecule has 2 aliphatic rings. The zero-order chi connectivity index (χ0) is 26.7. The normalized spacial score (nSPS) is 20.3. The van der Waals surface area contributed by atoms with Crippen LogP contribution in [-0.2, 0) is 14.4 Å². The van der Waals surface area contributed by atoms with E-state index in [9.17, 15) is 29.8 Å². The first kappa shape index (κ1) is 27.2. The number of hydrogen-bond acceptors (Lipinski definition) is 14. The molecule has 4 rings (SSSR count). The number of carbonyl (C=O) groups is 3. The Morgan fingerprint density at radius 2 is 2.16 bits per heavy atom. The summed E-state index contributed by atoms with van der Waals surface area (Å²) in [5.74, 6) is -2.00. The van der Waals surface area contributed by atoms with Crippen LogP contribution in [0, 0.1) is 0 Å². The molecule has 1 saturated heterocycles. The molecule has 4 heterocycles. The lowest BCUT2D eigenvalue weighted by Gasteiger charge is -2.49. The number of carboxylic acid groups (broad SMARTS) is 1. The smallest absolute Gasteiger partial charge is 0.353 e. The molecule has 2 amide bonds. The number of carboxylic acids is 1. The van der Waals surface area contributed by atoms with Crippen LogP contribution in [0.4, 0.5) is 5.13 Å². The van der Waals surface area contributed by atoms with Gasteiger partial charge >= 0.3 is 5.97 Å². The number of oxime groups is 1. The predicted molar refractivity (Wildman–Crippen MR) is 140 cm³/mol. The standard InChI is InChI=1S/C20H21N7O6S4/c21-8(4-28)5-34-11-3-23-2-1-10(11)37-12-7-35-18-14(17(30)27(18)15(12)19(31)32)25-16(29)13(26-33)9-6-36-20(22)24-9/h1-3,6,8,14,18,28,33H,4-5,7,21H2,(H2,22,24)(H,25,29)(H,31,32)/b26-13-/t8?,14-,18-/m1/s1. The number of nitrogens with zero attached hydrogens (tertiary/aromatic N) is 4. The van der Waals surface area contributed by atoms with Crippen LogP contribution in [0.2, 0.25) is 0 Å². The van der Waals surface area contributed by atoms with Gasteiger partial charge < -0.3 is 32.2 Å². The number of aliphatic hydroxyl groups is 1. The van der Waals surface area contributed by atoms with Crippen molar-refractivity contribution < 1.29 is 29.8 Å². The molecule has 2 aromatic heterocycles. The zero-order valence-corrected chi connectivity index (χ0v) is 22.1. The van der Waals surface area contributed by atoms with E-state index in [0.717, 1.165) is 26.0 Å². The minimum absolute atomic E-state index is 0.0539. The molecule has 2 aromatic rings. The first-order valence-corrected chi connectivity index (χ1v) is 14.2. The third-order valence-corrected chi connectivity index (χ3v) is 9.83. The number of nitrogen functional groups attached to an aromatic ring is 1. The summed E-state index contributed by atoms with van der Waals surface area (Å²) in [5, 5.41) is 34.9. The van der Waals surface area contributed by atoms with Crippen LogP contribution in [0.3, 0.4) is 0 Å². The van der Waals surface area contributed by atoms with Crippen LogP contribution in [0.5, 0.6) is 0 Å². The molecule has 0 radical (unpaired) electrons. The molecule has 196 valence electrons. The van der Waals surface area contributed by atoms with E-state index in [-0.39, 0.29) is 28.9 Å². The lowest BCUT2D eigenvalue weighted by atomic mass is 10.0. The number of aromatic nitrogens is 2. The monoisotopic (exact) mass is 583 g/mol. The maximum Gasteiger partial charge on any atom is 0.353 e. The Hall–Kier alpha value is -2.83. The number of carbonyl (C=O) groups excluding carboxylic acids is 2. The van der Waals surface area contributed by atoms with Gasteiger partial charge in [0, 0.05) is 50.0 Å². The van der Waals surface area contributed by atoms with Crippen molar-refractivity contribution in [2.75, 3.05) is 23.8 Å². The molecule has 37 heavy (non-hydrogen) atoms. The molecule has 1 unspecified atom stereocenters. The van der Waals surface area contributed by atoms with Crippen LogP contribution >= 0.6 is 46.6 Å². The Morgan fingerprint density at radius 1 is 1.38 bits per heavy atom. The van der Waals surface area contributed by atoms with Gasteiger partial charge in [-0.25, -0.2) is 9.78 Å². The highest BCUT2D eigenvalue weighted by Gasteiger charge is 2.54. The number of thioether (sulfide) groups is 3. The molecule has 0 saturated carbocycles. The number of amides is 2. The quantitative estimate of drug-likeness (QED) is 0.0725.